The van der Waals surface area contributed by atoms with E-state index in [1.54, 1.807) is 4.90 Å². The molecule has 12 rings (SSSR count). The highest BCUT2D eigenvalue weighted by Crippen LogP contribution is 2.39. The van der Waals surface area contributed by atoms with Gasteiger partial charge in [0.05, 0.1) is 47.2 Å². The lowest BCUT2D eigenvalue weighted by molar-refractivity contribution is -0.150. The van der Waals surface area contributed by atoms with E-state index < -0.39 is 17.2 Å². The fraction of sp³-hybridized carbons (Fsp3) is 0.407. The molecule has 3 N–H and O–H groups in total. The van der Waals surface area contributed by atoms with Gasteiger partial charge < -0.3 is 49.3 Å². The summed E-state index contributed by atoms with van der Waals surface area (Å²) in [6.45, 7) is 8.51. The first-order chi connectivity index (χ1) is 37.6. The normalized spacial score (nSPS) is 16.0. The highest BCUT2D eigenvalue weighted by molar-refractivity contribution is 6.64. The smallest absolute Gasteiger partial charge is 0.303 e. The molecule has 10 heterocycles. The predicted molar refractivity (Wildman–Crippen MR) is 294 cm³/mol. The number of fused-ring (bicyclic) bond motifs is 6. The molecule has 8 aromatic rings. The van der Waals surface area contributed by atoms with Crippen LogP contribution in [0.5, 0.6) is 0 Å². The second-order valence-corrected chi connectivity index (χ2v) is 19.8. The molecule has 0 spiro atoms. The Kier molecular flexibility index (Phi) is 16.5. The standard InChI is InChI=1S/C27H30N8O3.C23H26N8.C4H5ClO3/c1-18(36)38-17-25(37)34-12-10-33(11-13-34)20-6-7-24(29-14-20)31-27-30-15-22-21-8-9-28-16-23(21)35(26(22)32-27)19-4-2-3-5-19;1-2-4-16(3-1)31-20-15-25-8-7-18(20)19-14-27-23(29-22(19)31)28-21-6-5-17(13-26-21)30-11-9-24-10-12-30;1-3(6)8-2-4(5)7/h6-9,14-16,19H,2-5,10-13,17H2,1H3,(H,29,30,31,32);5-8,13-16,24H,1-4,9-12H2,(H,26,27,28,29);2H2,1H3. The van der Waals surface area contributed by atoms with E-state index in [9.17, 15) is 19.2 Å². The fourth-order valence-electron chi connectivity index (χ4n) is 10.6. The third-order valence-corrected chi connectivity index (χ3v) is 14.4. The van der Waals surface area contributed by atoms with Gasteiger partial charge in [-0.15, -0.1) is 0 Å². The molecule has 0 radical (unpaired) electrons. The van der Waals surface area contributed by atoms with Crippen LogP contribution in [0.25, 0.3) is 43.9 Å². The SMILES string of the molecule is CC(=O)OCC(=O)Cl.CC(=O)OCC(=O)N1CCN(c2ccc(Nc3ncc4c5ccncc5n(C5CCCC5)c4n3)nc2)CC1.c1cc2c3cnc(Nc4ccc(N5CCNCC5)cn4)nc3n(C3CCCC3)c2cn1. The molecule has 2 aliphatic heterocycles. The molecule has 4 aliphatic rings. The number of hydrogen-bond donors (Lipinski definition) is 3. The van der Waals surface area contributed by atoms with Crippen molar-refractivity contribution in [2.45, 2.75) is 77.3 Å². The van der Waals surface area contributed by atoms with Crippen LogP contribution in [-0.2, 0) is 28.7 Å². The van der Waals surface area contributed by atoms with E-state index in [1.165, 1.54) is 57.8 Å². The minimum absolute atomic E-state index is 0.169. The van der Waals surface area contributed by atoms with Gasteiger partial charge in [0.15, 0.2) is 13.2 Å². The topological polar surface area (TPSA) is 246 Å². The molecule has 4 fully saturated rings. The largest absolute Gasteiger partial charge is 0.456 e. The Morgan fingerprint density at radius 2 is 1.04 bits per heavy atom. The molecule has 2 saturated heterocycles. The van der Waals surface area contributed by atoms with Crippen LogP contribution in [0.15, 0.2) is 86.0 Å². The van der Waals surface area contributed by atoms with Gasteiger partial charge in [-0.05, 0) is 73.7 Å². The highest BCUT2D eigenvalue weighted by atomic mass is 35.5. The monoisotopic (exact) mass is 1060 g/mol. The molecule has 2 saturated carbocycles. The first kappa shape index (κ1) is 52.3. The Morgan fingerprint density at radius 3 is 1.47 bits per heavy atom. The van der Waals surface area contributed by atoms with Gasteiger partial charge >= 0.3 is 11.9 Å². The van der Waals surface area contributed by atoms with Crippen LogP contribution in [0, 0.1) is 0 Å². The summed E-state index contributed by atoms with van der Waals surface area (Å²) < 4.78 is 13.7. The third kappa shape index (κ3) is 12.4. The van der Waals surface area contributed by atoms with E-state index in [1.807, 2.05) is 73.8 Å². The number of esters is 2. The lowest BCUT2D eigenvalue weighted by Crippen LogP contribution is -2.49. The van der Waals surface area contributed by atoms with Crippen LogP contribution >= 0.6 is 11.6 Å². The maximum absolute atomic E-state index is 12.2. The number of nitrogens with zero attached hydrogens (tertiary/aromatic N) is 13. The summed E-state index contributed by atoms with van der Waals surface area (Å²) in [7, 11) is 0. The van der Waals surface area contributed by atoms with Crippen LogP contribution < -0.4 is 25.8 Å². The fourth-order valence-corrected chi connectivity index (χ4v) is 10.6. The summed E-state index contributed by atoms with van der Waals surface area (Å²) in [4.78, 5) is 86.1. The minimum Gasteiger partial charge on any atom is -0.456 e. The van der Waals surface area contributed by atoms with Crippen molar-refractivity contribution in [3.05, 3.63) is 86.0 Å². The second-order valence-electron chi connectivity index (χ2n) is 19.3. The molecule has 0 bridgehead atoms. The number of carbonyl (C=O) groups excluding carboxylic acids is 4. The molecule has 1 amide bonds. The number of amides is 1. The number of nitrogens with one attached hydrogen (secondary N) is 3. The zero-order chi connectivity index (χ0) is 53.3. The predicted octanol–water partition coefficient (Wildman–Crippen LogP) is 7.40. The van der Waals surface area contributed by atoms with Crippen LogP contribution in [0.1, 0.15) is 77.3 Å². The average molecular weight is 1070 g/mol. The van der Waals surface area contributed by atoms with Gasteiger partial charge in [0.2, 0.25) is 11.9 Å². The maximum atomic E-state index is 12.2. The van der Waals surface area contributed by atoms with Crippen molar-refractivity contribution < 1.29 is 28.7 Å². The molecule has 0 aromatic carbocycles. The Balaban J connectivity index is 0.000000155. The van der Waals surface area contributed by atoms with Crippen molar-refractivity contribution in [2.75, 3.05) is 86.0 Å². The molecule has 8 aromatic heterocycles. The van der Waals surface area contributed by atoms with Gasteiger partial charge in [0, 0.05) is 125 Å². The molecule has 0 unspecified atom stereocenters. The number of hydrogen-bond acceptors (Lipinski definition) is 19. The zero-order valence-electron chi connectivity index (χ0n) is 43.1. The van der Waals surface area contributed by atoms with Crippen LogP contribution in [0.3, 0.4) is 0 Å². The Labute approximate surface area is 449 Å². The Bertz CT molecular complexity index is 3350. The molecule has 0 atom stereocenters. The number of piperazine rings is 2. The molecule has 23 heteroatoms. The lowest BCUT2D eigenvalue weighted by atomic mass is 10.2. The first-order valence-electron chi connectivity index (χ1n) is 26.2. The van der Waals surface area contributed by atoms with Crippen LogP contribution in [0.4, 0.5) is 34.9 Å². The van der Waals surface area contributed by atoms with Gasteiger partial charge in [-0.2, -0.15) is 9.97 Å². The number of anilines is 6. The Hall–Kier alpha value is -8.11. The number of aromatic nitrogens is 10. The molecule has 2 aliphatic carbocycles. The van der Waals surface area contributed by atoms with Crippen molar-refractivity contribution in [2.24, 2.45) is 0 Å². The summed E-state index contributed by atoms with van der Waals surface area (Å²) in [5.74, 6) is 1.38. The van der Waals surface area contributed by atoms with E-state index in [2.05, 4.69) is 81.7 Å². The summed E-state index contributed by atoms with van der Waals surface area (Å²) in [5.41, 5.74) is 6.29. The summed E-state index contributed by atoms with van der Waals surface area (Å²) in [6, 6.07) is 13.0. The number of pyridine rings is 4. The van der Waals surface area contributed by atoms with Crippen molar-refractivity contribution in [3.8, 4) is 0 Å². The highest BCUT2D eigenvalue weighted by Gasteiger charge is 2.26. The average Bonchev–Trinajstić information content (AvgIpc) is 4.38. The molecule has 77 heavy (non-hydrogen) atoms. The number of halogens is 1. The number of carbonyl (C=O) groups is 4. The maximum Gasteiger partial charge on any atom is 0.303 e. The van der Waals surface area contributed by atoms with Crippen molar-refractivity contribution in [1.29, 1.82) is 0 Å². The van der Waals surface area contributed by atoms with Crippen molar-refractivity contribution >= 4 is 113 Å². The van der Waals surface area contributed by atoms with Gasteiger partial charge in [-0.3, -0.25) is 29.1 Å². The van der Waals surface area contributed by atoms with Crippen molar-refractivity contribution in [3.63, 3.8) is 0 Å². The third-order valence-electron chi connectivity index (χ3n) is 14.3. The Morgan fingerprint density at radius 1 is 0.571 bits per heavy atom. The molecule has 400 valence electrons. The van der Waals surface area contributed by atoms with E-state index in [4.69, 9.17) is 26.3 Å². The van der Waals surface area contributed by atoms with Crippen LogP contribution in [-0.4, -0.2) is 143 Å². The second kappa shape index (κ2) is 24.3. The van der Waals surface area contributed by atoms with Crippen LogP contribution in [0.2, 0.25) is 0 Å². The minimum atomic E-state index is -0.666. The van der Waals surface area contributed by atoms with E-state index >= 15 is 0 Å². The molecule has 22 nitrogen and oxygen atoms in total. The quantitative estimate of drug-likeness (QED) is 0.0796. The van der Waals surface area contributed by atoms with Gasteiger partial charge in [0.25, 0.3) is 11.1 Å². The molecular weight excluding hydrogens is 1000 g/mol. The summed E-state index contributed by atoms with van der Waals surface area (Å²) in [6.07, 6.45) is 24.8. The van der Waals surface area contributed by atoms with Gasteiger partial charge in [-0.25, -0.2) is 19.9 Å². The van der Waals surface area contributed by atoms with E-state index in [0.717, 1.165) is 94.7 Å². The number of ether oxygens (including phenoxy) is 2. The number of rotatable bonds is 12. The van der Waals surface area contributed by atoms with Gasteiger partial charge in [0.1, 0.15) is 22.9 Å². The van der Waals surface area contributed by atoms with E-state index in [0.29, 0.717) is 56.0 Å². The zero-order valence-corrected chi connectivity index (χ0v) is 43.9. The molecular formula is C54H61ClN16O6. The first-order valence-corrected chi connectivity index (χ1v) is 26.5. The van der Waals surface area contributed by atoms with E-state index in [-0.39, 0.29) is 19.1 Å². The lowest BCUT2D eigenvalue weighted by Gasteiger charge is -2.35. The van der Waals surface area contributed by atoms with Crippen molar-refractivity contribution in [1.82, 2.24) is 59.2 Å². The van der Waals surface area contributed by atoms with Gasteiger partial charge in [-0.1, -0.05) is 25.7 Å². The summed E-state index contributed by atoms with van der Waals surface area (Å²) >= 11 is 4.81. The summed E-state index contributed by atoms with van der Waals surface area (Å²) in [5, 5.41) is 13.7.